The fourth-order valence-corrected chi connectivity index (χ4v) is 2.88. The molecular weight excluding hydrogens is 334 g/mol. The molecule has 0 saturated heterocycles. The van der Waals surface area contributed by atoms with Crippen molar-refractivity contribution in [1.29, 1.82) is 0 Å². The van der Waals surface area contributed by atoms with Gasteiger partial charge in [0.1, 0.15) is 5.76 Å². The smallest absolute Gasteiger partial charge is 0.205 e. The maximum absolute atomic E-state index is 13.8. The van der Waals surface area contributed by atoms with Gasteiger partial charge in [0.05, 0.1) is 5.39 Å². The van der Waals surface area contributed by atoms with Crippen molar-refractivity contribution in [2.45, 2.75) is 20.3 Å². The molecule has 3 rings (SSSR count). The lowest BCUT2D eigenvalue weighted by atomic mass is 10.1. The van der Waals surface area contributed by atoms with E-state index in [4.69, 9.17) is 4.42 Å². The summed E-state index contributed by atoms with van der Waals surface area (Å²) in [5.74, 6) is -6.43. The number of rotatable bonds is 5. The summed E-state index contributed by atoms with van der Waals surface area (Å²) in [6, 6.07) is 8.87. The summed E-state index contributed by atoms with van der Waals surface area (Å²) < 4.78 is 59.3. The molecule has 0 aliphatic heterocycles. The quantitative estimate of drug-likeness (QED) is 0.346. The Labute approximate surface area is 142 Å². The van der Waals surface area contributed by atoms with Crippen LogP contribution in [0.3, 0.4) is 0 Å². The van der Waals surface area contributed by atoms with Gasteiger partial charge in [0.2, 0.25) is 11.6 Å². The zero-order chi connectivity index (χ0) is 18.1. The van der Waals surface area contributed by atoms with E-state index in [1.54, 1.807) is 0 Å². The summed E-state index contributed by atoms with van der Waals surface area (Å²) >= 11 is 0. The van der Waals surface area contributed by atoms with E-state index in [2.05, 4.69) is 18.7 Å². The molecule has 0 N–H and O–H groups in total. The topological polar surface area (TPSA) is 16.4 Å². The van der Waals surface area contributed by atoms with E-state index in [9.17, 15) is 17.6 Å². The molecule has 1 aromatic heterocycles. The molecule has 0 aliphatic carbocycles. The molecule has 0 amide bonds. The van der Waals surface area contributed by atoms with Gasteiger partial charge in [-0.2, -0.15) is 4.39 Å². The molecule has 0 aliphatic rings. The van der Waals surface area contributed by atoms with Crippen LogP contribution in [0.2, 0.25) is 0 Å². The number of halogens is 4. The zero-order valence-corrected chi connectivity index (χ0v) is 13.9. The molecule has 0 atom stereocenters. The van der Waals surface area contributed by atoms with Crippen molar-refractivity contribution in [2.24, 2.45) is 0 Å². The van der Waals surface area contributed by atoms with Crippen LogP contribution < -0.4 is 4.90 Å². The number of hydrogen-bond donors (Lipinski definition) is 0. The molecule has 0 spiro atoms. The van der Waals surface area contributed by atoms with Gasteiger partial charge in [-0.1, -0.05) is 12.1 Å². The van der Waals surface area contributed by atoms with Crippen LogP contribution in [0.4, 0.5) is 23.2 Å². The Morgan fingerprint density at radius 2 is 1.44 bits per heavy atom. The first kappa shape index (κ1) is 17.3. The standard InChI is InChI=1S/C19H17F4NO/c1-3-24(4-2)12-7-5-11(6-8-12)9-13-10-14-15(20)16(21)17(22)18(23)19(14)25-13/h5-8,10H,3-4,9H2,1-2H3. The molecule has 0 fully saturated rings. The molecule has 6 heteroatoms. The van der Waals surface area contributed by atoms with Gasteiger partial charge in [-0.15, -0.1) is 0 Å². The molecule has 0 saturated carbocycles. The molecule has 0 bridgehead atoms. The first-order valence-corrected chi connectivity index (χ1v) is 8.04. The monoisotopic (exact) mass is 351 g/mol. The van der Waals surface area contributed by atoms with Crippen molar-refractivity contribution in [3.05, 3.63) is 64.9 Å². The summed E-state index contributed by atoms with van der Waals surface area (Å²) in [7, 11) is 0. The van der Waals surface area contributed by atoms with E-state index in [1.165, 1.54) is 6.07 Å². The number of furan rings is 1. The maximum Gasteiger partial charge on any atom is 0.205 e. The number of fused-ring (bicyclic) bond motifs is 1. The van der Waals surface area contributed by atoms with E-state index >= 15 is 0 Å². The van der Waals surface area contributed by atoms with Gasteiger partial charge < -0.3 is 9.32 Å². The Hall–Kier alpha value is -2.50. The zero-order valence-electron chi connectivity index (χ0n) is 13.9. The Morgan fingerprint density at radius 1 is 0.840 bits per heavy atom. The molecule has 0 radical (unpaired) electrons. The minimum absolute atomic E-state index is 0.230. The highest BCUT2D eigenvalue weighted by Gasteiger charge is 2.23. The molecule has 2 nitrogen and oxygen atoms in total. The summed E-state index contributed by atoms with van der Waals surface area (Å²) in [4.78, 5) is 2.18. The van der Waals surface area contributed by atoms with Gasteiger partial charge in [-0.05, 0) is 37.6 Å². The minimum atomic E-state index is -1.87. The fraction of sp³-hybridized carbons (Fsp3) is 0.263. The van der Waals surface area contributed by atoms with E-state index in [0.29, 0.717) is 0 Å². The lowest BCUT2D eigenvalue weighted by Crippen LogP contribution is -2.21. The van der Waals surface area contributed by atoms with Crippen LogP contribution in [0.15, 0.2) is 34.7 Å². The van der Waals surface area contributed by atoms with E-state index in [-0.39, 0.29) is 12.2 Å². The van der Waals surface area contributed by atoms with Crippen LogP contribution >= 0.6 is 0 Å². The van der Waals surface area contributed by atoms with Crippen molar-refractivity contribution >= 4 is 16.7 Å². The largest absolute Gasteiger partial charge is 0.457 e. The third kappa shape index (κ3) is 3.08. The van der Waals surface area contributed by atoms with Crippen molar-refractivity contribution in [1.82, 2.24) is 0 Å². The first-order valence-electron chi connectivity index (χ1n) is 8.04. The molecule has 1 heterocycles. The van der Waals surface area contributed by atoms with Gasteiger partial charge in [-0.25, -0.2) is 13.2 Å². The van der Waals surface area contributed by atoms with Gasteiger partial charge >= 0.3 is 0 Å². The normalized spacial score (nSPS) is 11.3. The highest BCUT2D eigenvalue weighted by atomic mass is 19.2. The molecular formula is C19H17F4NO. The van der Waals surface area contributed by atoms with Crippen molar-refractivity contribution in [2.75, 3.05) is 18.0 Å². The summed E-state index contributed by atoms with van der Waals surface area (Å²) in [5, 5.41) is -0.397. The van der Waals surface area contributed by atoms with Crippen LogP contribution in [-0.2, 0) is 6.42 Å². The lowest BCUT2D eigenvalue weighted by Gasteiger charge is -2.21. The predicted octanol–water partition coefficient (Wildman–Crippen LogP) is 5.43. The average molecular weight is 351 g/mol. The second kappa shape index (κ2) is 6.78. The molecule has 25 heavy (non-hydrogen) atoms. The van der Waals surface area contributed by atoms with Crippen LogP contribution in [-0.4, -0.2) is 13.1 Å². The number of nitrogens with zero attached hydrogens (tertiary/aromatic N) is 1. The van der Waals surface area contributed by atoms with Crippen LogP contribution in [0.5, 0.6) is 0 Å². The number of hydrogen-bond acceptors (Lipinski definition) is 2. The molecule has 132 valence electrons. The van der Waals surface area contributed by atoms with E-state index in [0.717, 1.165) is 24.3 Å². The van der Waals surface area contributed by atoms with Crippen molar-refractivity contribution < 1.29 is 22.0 Å². The highest BCUT2D eigenvalue weighted by molar-refractivity contribution is 5.79. The van der Waals surface area contributed by atoms with Gasteiger partial charge in [0, 0.05) is 25.2 Å². The van der Waals surface area contributed by atoms with E-state index < -0.39 is 34.2 Å². The van der Waals surface area contributed by atoms with Gasteiger partial charge in [0.15, 0.2) is 17.2 Å². The van der Waals surface area contributed by atoms with Gasteiger partial charge in [-0.3, -0.25) is 0 Å². The lowest BCUT2D eigenvalue weighted by molar-refractivity contribution is 0.408. The predicted molar refractivity (Wildman–Crippen MR) is 88.9 cm³/mol. The first-order chi connectivity index (χ1) is 12.0. The molecule has 3 aromatic rings. The van der Waals surface area contributed by atoms with Crippen LogP contribution in [0.1, 0.15) is 25.2 Å². The minimum Gasteiger partial charge on any atom is -0.457 e. The summed E-state index contributed by atoms with van der Waals surface area (Å²) in [6.07, 6.45) is 0.259. The highest BCUT2D eigenvalue weighted by Crippen LogP contribution is 2.30. The molecule has 0 unspecified atom stereocenters. The van der Waals surface area contributed by atoms with Gasteiger partial charge in [0.25, 0.3) is 0 Å². The maximum atomic E-state index is 13.8. The number of anilines is 1. The third-order valence-electron chi connectivity index (χ3n) is 4.24. The third-order valence-corrected chi connectivity index (χ3v) is 4.24. The molecule has 2 aromatic carbocycles. The summed E-state index contributed by atoms with van der Waals surface area (Å²) in [5.41, 5.74) is 1.32. The van der Waals surface area contributed by atoms with E-state index in [1.807, 2.05) is 24.3 Å². The van der Waals surface area contributed by atoms with Crippen LogP contribution in [0, 0.1) is 23.3 Å². The SMILES string of the molecule is CCN(CC)c1ccc(Cc2cc3c(F)c(F)c(F)c(F)c3o2)cc1. The number of benzene rings is 2. The fourth-order valence-electron chi connectivity index (χ4n) is 2.88. The second-order valence-electron chi connectivity index (χ2n) is 5.73. The van der Waals surface area contributed by atoms with Crippen LogP contribution in [0.25, 0.3) is 11.0 Å². The second-order valence-corrected chi connectivity index (χ2v) is 5.73. The Balaban J connectivity index is 1.91. The Morgan fingerprint density at radius 3 is 2.04 bits per heavy atom. The summed E-state index contributed by atoms with van der Waals surface area (Å²) in [6.45, 7) is 5.89. The Bertz CT molecular complexity index is 853. The average Bonchev–Trinajstić information content (AvgIpc) is 3.04. The van der Waals surface area contributed by atoms with Crippen molar-refractivity contribution in [3.8, 4) is 0 Å². The van der Waals surface area contributed by atoms with Crippen molar-refractivity contribution in [3.63, 3.8) is 0 Å². The Kier molecular flexibility index (Phi) is 4.70.